The number of anilines is 1. The highest BCUT2D eigenvalue weighted by Gasteiger charge is 2.32. The van der Waals surface area contributed by atoms with Crippen molar-refractivity contribution in [1.82, 2.24) is 4.98 Å². The quantitative estimate of drug-likeness (QED) is 0.198. The van der Waals surface area contributed by atoms with Crippen LogP contribution in [0.4, 0.5) is 5.69 Å². The molecule has 0 aliphatic carbocycles. The fraction of sp³-hybridized carbons (Fsp3) is 0.270. The summed E-state index contributed by atoms with van der Waals surface area (Å²) < 4.78 is 0. The van der Waals surface area contributed by atoms with E-state index in [1.165, 1.54) is 61.9 Å². The van der Waals surface area contributed by atoms with Crippen LogP contribution >= 0.6 is 0 Å². The molecule has 0 amide bonds. The van der Waals surface area contributed by atoms with Gasteiger partial charge >= 0.3 is 11.9 Å². The van der Waals surface area contributed by atoms with E-state index in [2.05, 4.69) is 104 Å². The van der Waals surface area contributed by atoms with Crippen molar-refractivity contribution in [3.8, 4) is 0 Å². The minimum atomic E-state index is -1.32. The number of aryl methyl sites for hydroxylation is 6. The molecule has 4 aromatic rings. The number of nitrogens with two attached hydrogens (primary N) is 1. The van der Waals surface area contributed by atoms with Crippen LogP contribution in [0, 0.1) is 69.2 Å². The number of pyridine rings is 1. The Morgan fingerprint density at radius 2 is 1.02 bits per heavy atom. The molecule has 0 saturated heterocycles. The van der Waals surface area contributed by atoms with E-state index in [1.54, 1.807) is 6.20 Å². The first-order chi connectivity index (χ1) is 21.0. The number of hydrogen-bond acceptors (Lipinski definition) is 5. The zero-order valence-electron chi connectivity index (χ0n) is 27.9. The minimum Gasteiger partial charge on any atom is -0.477 e. The van der Waals surface area contributed by atoms with E-state index in [0.717, 1.165) is 27.8 Å². The molecule has 3 aromatic carbocycles. The van der Waals surface area contributed by atoms with Crippen molar-refractivity contribution >= 4 is 46.4 Å². The first-order valence-electron chi connectivity index (χ1n) is 15.0. The van der Waals surface area contributed by atoms with Gasteiger partial charge in [-0.25, -0.2) is 14.6 Å². The molecular formula is C37H42BN3O4. The summed E-state index contributed by atoms with van der Waals surface area (Å²) in [6, 6.07) is 11.6. The van der Waals surface area contributed by atoms with Gasteiger partial charge in [-0.05, 0) is 92.5 Å². The van der Waals surface area contributed by atoms with E-state index < -0.39 is 11.9 Å². The first kappa shape index (κ1) is 33.1. The molecule has 0 atom stereocenters. The van der Waals surface area contributed by atoms with Gasteiger partial charge in [0.05, 0.1) is 5.70 Å². The third-order valence-corrected chi connectivity index (χ3v) is 8.97. The van der Waals surface area contributed by atoms with E-state index in [9.17, 15) is 19.8 Å². The van der Waals surface area contributed by atoms with Crippen molar-refractivity contribution < 1.29 is 19.8 Å². The summed E-state index contributed by atoms with van der Waals surface area (Å²) in [6.07, 6.45) is 1.58. The molecule has 0 aliphatic heterocycles. The van der Waals surface area contributed by atoms with Crippen LogP contribution in [0.5, 0.6) is 0 Å². The number of benzene rings is 3. The molecule has 0 bridgehead atoms. The van der Waals surface area contributed by atoms with Crippen LogP contribution in [0.15, 0.2) is 42.6 Å². The molecule has 8 heteroatoms. The summed E-state index contributed by atoms with van der Waals surface area (Å²) in [5.74, 6) is -2.64. The summed E-state index contributed by atoms with van der Waals surface area (Å²) in [5.41, 5.74) is 23.4. The van der Waals surface area contributed by atoms with E-state index in [0.29, 0.717) is 5.70 Å². The maximum absolute atomic E-state index is 11.5. The van der Waals surface area contributed by atoms with Gasteiger partial charge in [0, 0.05) is 17.5 Å². The van der Waals surface area contributed by atoms with Crippen LogP contribution in [0.25, 0.3) is 5.70 Å². The third-order valence-electron chi connectivity index (χ3n) is 8.97. The van der Waals surface area contributed by atoms with E-state index in [4.69, 9.17) is 5.73 Å². The van der Waals surface area contributed by atoms with Crippen LogP contribution in [0.3, 0.4) is 0 Å². The minimum absolute atomic E-state index is 0.0154. The van der Waals surface area contributed by atoms with Gasteiger partial charge in [0.2, 0.25) is 6.71 Å². The summed E-state index contributed by atoms with van der Waals surface area (Å²) in [5, 5.41) is 21.8. The number of aromatic carboxylic acids is 2. The third kappa shape index (κ3) is 6.36. The Bertz CT molecular complexity index is 1740. The molecule has 45 heavy (non-hydrogen) atoms. The van der Waals surface area contributed by atoms with Crippen LogP contribution in [-0.4, -0.2) is 33.8 Å². The monoisotopic (exact) mass is 603 g/mol. The normalized spacial score (nSPS) is 11.5. The smallest absolute Gasteiger partial charge is 0.354 e. The van der Waals surface area contributed by atoms with E-state index in [-0.39, 0.29) is 23.8 Å². The maximum atomic E-state index is 11.5. The number of aromatic nitrogens is 1. The average Bonchev–Trinajstić information content (AvgIpc) is 2.93. The Balaban J connectivity index is 1.94. The molecule has 7 nitrogen and oxygen atoms in total. The molecule has 0 saturated carbocycles. The average molecular weight is 604 g/mol. The van der Waals surface area contributed by atoms with Crippen molar-refractivity contribution in [2.24, 2.45) is 5.73 Å². The second-order valence-corrected chi connectivity index (χ2v) is 12.3. The van der Waals surface area contributed by atoms with Crippen molar-refractivity contribution in [1.29, 1.82) is 0 Å². The zero-order valence-corrected chi connectivity index (χ0v) is 27.9. The SMILES string of the molecule is Cc1cc(C)c(B(c2c(C)cc(C)cc2C)c2c(C)c(C)c(/C(N)=C/Nc3cc(C(=O)O)nc(C(=O)O)c3)c(C)c2C)c(C)c1. The number of hydrogen-bond donors (Lipinski definition) is 4. The molecule has 0 fully saturated rings. The Morgan fingerprint density at radius 1 is 0.644 bits per heavy atom. The van der Waals surface area contributed by atoms with Gasteiger partial charge in [0.1, 0.15) is 0 Å². The van der Waals surface area contributed by atoms with Crippen molar-refractivity contribution in [3.63, 3.8) is 0 Å². The predicted octanol–water partition coefficient (Wildman–Crippen LogP) is 5.45. The fourth-order valence-corrected chi connectivity index (χ4v) is 7.00. The van der Waals surface area contributed by atoms with E-state index in [1.807, 2.05) is 0 Å². The summed E-state index contributed by atoms with van der Waals surface area (Å²) in [7, 11) is 0. The Hall–Kier alpha value is -4.85. The van der Waals surface area contributed by atoms with Gasteiger partial charge in [0.25, 0.3) is 0 Å². The lowest BCUT2D eigenvalue weighted by Gasteiger charge is -2.30. The molecule has 0 aliphatic rings. The Labute approximate surface area is 266 Å². The molecule has 0 spiro atoms. The van der Waals surface area contributed by atoms with Crippen molar-refractivity contribution in [2.45, 2.75) is 69.2 Å². The summed E-state index contributed by atoms with van der Waals surface area (Å²) in [4.78, 5) is 26.8. The number of rotatable bonds is 8. The number of carbonyl (C=O) groups is 2. The lowest BCUT2D eigenvalue weighted by Crippen LogP contribution is -2.58. The Morgan fingerprint density at radius 3 is 1.38 bits per heavy atom. The van der Waals surface area contributed by atoms with Crippen LogP contribution in [-0.2, 0) is 0 Å². The highest BCUT2D eigenvalue weighted by molar-refractivity contribution is 6.97. The molecule has 232 valence electrons. The molecule has 0 radical (unpaired) electrons. The van der Waals surface area contributed by atoms with Gasteiger partial charge in [-0.15, -0.1) is 0 Å². The largest absolute Gasteiger partial charge is 0.477 e. The highest BCUT2D eigenvalue weighted by Crippen LogP contribution is 2.27. The molecule has 0 unspecified atom stereocenters. The molecule has 1 heterocycles. The van der Waals surface area contributed by atoms with Gasteiger partial charge < -0.3 is 21.3 Å². The number of nitrogens with zero attached hydrogens (tertiary/aromatic N) is 1. The van der Waals surface area contributed by atoms with Crippen molar-refractivity contribution in [3.05, 3.63) is 115 Å². The molecule has 5 N–H and O–H groups in total. The lowest BCUT2D eigenvalue weighted by atomic mass is 9.32. The van der Waals surface area contributed by atoms with Crippen LogP contribution in [0.1, 0.15) is 82.2 Å². The summed E-state index contributed by atoms with van der Waals surface area (Å²) in [6.45, 7) is 21.6. The van der Waals surface area contributed by atoms with Crippen LogP contribution < -0.4 is 27.4 Å². The highest BCUT2D eigenvalue weighted by atomic mass is 16.4. The number of carboxylic acids is 2. The number of carboxylic acid groups (broad SMARTS) is 2. The standard InChI is InChI=1S/C37H42BN3O4/c1-18-11-20(3)33(21(4)12-18)38(34-22(5)13-19(2)14-23(34)6)35-26(9)24(7)32(25(8)27(35)10)29(39)17-40-28-15-30(36(42)43)41-31(16-28)37(44)45/h11-17H,39H2,1-10H3,(H,40,41)(H,42,43)(H,44,45)/b29-17-. The first-order valence-corrected chi connectivity index (χ1v) is 15.0. The van der Waals surface area contributed by atoms with Crippen molar-refractivity contribution in [2.75, 3.05) is 5.32 Å². The second kappa shape index (κ2) is 12.6. The Kier molecular flexibility index (Phi) is 9.28. The molecular weight excluding hydrogens is 561 g/mol. The molecule has 1 aromatic heterocycles. The van der Waals surface area contributed by atoms with Gasteiger partial charge in [-0.3, -0.25) is 0 Å². The van der Waals surface area contributed by atoms with E-state index >= 15 is 0 Å². The zero-order chi connectivity index (χ0) is 33.5. The predicted molar refractivity (Wildman–Crippen MR) is 185 cm³/mol. The van der Waals surface area contributed by atoms with Gasteiger partial charge in [-0.1, -0.05) is 85.2 Å². The van der Waals surface area contributed by atoms with Gasteiger partial charge in [-0.2, -0.15) is 0 Å². The molecule has 4 rings (SSSR count). The summed E-state index contributed by atoms with van der Waals surface area (Å²) >= 11 is 0. The topological polar surface area (TPSA) is 126 Å². The van der Waals surface area contributed by atoms with Gasteiger partial charge in [0.15, 0.2) is 11.4 Å². The lowest BCUT2D eigenvalue weighted by molar-refractivity contribution is 0.0685. The fourth-order valence-electron chi connectivity index (χ4n) is 7.00. The second-order valence-electron chi connectivity index (χ2n) is 12.3. The number of nitrogens with one attached hydrogen (secondary N) is 1. The van der Waals surface area contributed by atoms with Crippen LogP contribution in [0.2, 0.25) is 0 Å². The maximum Gasteiger partial charge on any atom is 0.354 e.